The lowest BCUT2D eigenvalue weighted by Gasteiger charge is -2.28. The molecule has 19 heavy (non-hydrogen) atoms. The Kier molecular flexibility index (Phi) is 3.11. The third-order valence-electron chi connectivity index (χ3n) is 3.97. The molecule has 0 saturated carbocycles. The summed E-state index contributed by atoms with van der Waals surface area (Å²) in [6.07, 6.45) is 11.0. The Hall–Kier alpha value is -1.33. The van der Waals surface area contributed by atoms with E-state index in [0.717, 1.165) is 0 Å². The second-order valence-electron chi connectivity index (χ2n) is 4.98. The predicted octanol–water partition coefficient (Wildman–Crippen LogP) is -1.07. The Labute approximate surface area is 130 Å². The number of para-hydroxylation sites is 1. The molecule has 1 unspecified atom stereocenters. The van der Waals surface area contributed by atoms with Gasteiger partial charge in [-0.15, -0.1) is 0 Å². The number of quaternary nitrogens is 1. The molecule has 1 aromatic carbocycles. The number of fused-ring (bicyclic) bond motifs is 5. The van der Waals surface area contributed by atoms with Crippen LogP contribution < -0.4 is 29.3 Å². The summed E-state index contributed by atoms with van der Waals surface area (Å²) in [6, 6.07) is 9.09. The molecule has 2 nitrogen and oxygen atoms in total. The smallest absolute Gasteiger partial charge is 0.145 e. The second kappa shape index (κ2) is 4.65. The summed E-state index contributed by atoms with van der Waals surface area (Å²) in [5, 5.41) is 2.38. The maximum absolute atomic E-state index is 2.38. The van der Waals surface area contributed by atoms with Gasteiger partial charge in [-0.2, -0.15) is 0 Å². The number of rotatable bonds is 0. The van der Waals surface area contributed by atoms with Gasteiger partial charge in [0.1, 0.15) is 11.7 Å². The lowest BCUT2D eigenvalue weighted by atomic mass is 9.88. The van der Waals surface area contributed by atoms with Gasteiger partial charge in [0.05, 0.1) is 0 Å². The second-order valence-corrected chi connectivity index (χ2v) is 4.98. The van der Waals surface area contributed by atoms with E-state index in [4.69, 9.17) is 0 Å². The molecule has 2 heterocycles. The van der Waals surface area contributed by atoms with Crippen molar-refractivity contribution in [3.63, 3.8) is 0 Å². The van der Waals surface area contributed by atoms with E-state index >= 15 is 0 Å². The van der Waals surface area contributed by atoms with Crippen molar-refractivity contribution >= 4 is 11.3 Å². The van der Waals surface area contributed by atoms with Gasteiger partial charge in [-0.25, -0.2) is 0 Å². The molecule has 96 valence electrons. The van der Waals surface area contributed by atoms with E-state index in [-0.39, 0.29) is 24.0 Å². The highest BCUT2D eigenvalue weighted by Gasteiger charge is 2.37. The molecule has 4 rings (SSSR count). The Morgan fingerprint density at radius 1 is 1.05 bits per heavy atom. The van der Waals surface area contributed by atoms with Gasteiger partial charge in [0.2, 0.25) is 0 Å². The van der Waals surface area contributed by atoms with Gasteiger partial charge in [-0.1, -0.05) is 12.1 Å². The van der Waals surface area contributed by atoms with E-state index < -0.39 is 0 Å². The largest absolute Gasteiger partial charge is 1.00 e. The molecule has 2 N–H and O–H groups in total. The lowest BCUT2D eigenvalue weighted by Crippen LogP contribution is -3.00. The van der Waals surface area contributed by atoms with E-state index in [2.05, 4.69) is 72.0 Å². The van der Waals surface area contributed by atoms with E-state index in [1.807, 2.05) is 0 Å². The minimum Gasteiger partial charge on any atom is -1.00 e. The van der Waals surface area contributed by atoms with Crippen LogP contribution in [0.1, 0.15) is 5.56 Å². The summed E-state index contributed by atoms with van der Waals surface area (Å²) in [4.78, 5) is 2.19. The molecule has 1 aliphatic carbocycles. The van der Waals surface area contributed by atoms with Crippen molar-refractivity contribution in [2.75, 3.05) is 7.05 Å². The normalized spacial score (nSPS) is 22.5. The Morgan fingerprint density at radius 3 is 2.79 bits per heavy atom. The summed E-state index contributed by atoms with van der Waals surface area (Å²) in [7, 11) is 2.11. The molecule has 0 saturated heterocycles. The third kappa shape index (κ3) is 1.80. The van der Waals surface area contributed by atoms with Crippen LogP contribution in [0.15, 0.2) is 66.0 Å². The molecule has 2 aliphatic heterocycles. The van der Waals surface area contributed by atoms with Crippen molar-refractivity contribution in [2.24, 2.45) is 0 Å². The number of likely N-dealkylation sites (N-methyl/N-ethyl adjacent to an activating group) is 1. The average Bonchev–Trinajstić information content (AvgIpc) is 2.78. The van der Waals surface area contributed by atoms with Crippen LogP contribution in [0.3, 0.4) is 0 Å². The van der Waals surface area contributed by atoms with Crippen LogP contribution >= 0.6 is 0 Å². The highest BCUT2D eigenvalue weighted by atomic mass is 127. The SMILES string of the molecule is CN1C=CC=C2C1=CC=C1c3ccccc3[NH2+]C21.[I-]. The zero-order chi connectivity index (χ0) is 12.1. The minimum atomic E-state index is 0. The van der Waals surface area contributed by atoms with E-state index in [9.17, 15) is 0 Å². The van der Waals surface area contributed by atoms with E-state index in [0.29, 0.717) is 6.04 Å². The summed E-state index contributed by atoms with van der Waals surface area (Å²) in [6.45, 7) is 0. The predicted molar refractivity (Wildman–Crippen MR) is 72.9 cm³/mol. The van der Waals surface area contributed by atoms with Crippen molar-refractivity contribution in [2.45, 2.75) is 6.04 Å². The summed E-state index contributed by atoms with van der Waals surface area (Å²) in [5.41, 5.74) is 6.91. The van der Waals surface area contributed by atoms with Crippen molar-refractivity contribution < 1.29 is 29.3 Å². The first-order chi connectivity index (χ1) is 8.84. The highest BCUT2D eigenvalue weighted by Crippen LogP contribution is 2.37. The first-order valence-electron chi connectivity index (χ1n) is 6.32. The zero-order valence-corrected chi connectivity index (χ0v) is 12.8. The summed E-state index contributed by atoms with van der Waals surface area (Å²) >= 11 is 0. The number of allylic oxidation sites excluding steroid dienone is 4. The van der Waals surface area contributed by atoms with Gasteiger partial charge >= 0.3 is 0 Å². The topological polar surface area (TPSA) is 19.9 Å². The minimum absolute atomic E-state index is 0. The number of benzene rings is 1. The third-order valence-corrected chi connectivity index (χ3v) is 3.97. The highest BCUT2D eigenvalue weighted by molar-refractivity contribution is 5.84. The molecule has 0 radical (unpaired) electrons. The molecule has 0 spiro atoms. The average molecular weight is 362 g/mol. The van der Waals surface area contributed by atoms with Crippen LogP contribution in [-0.4, -0.2) is 18.0 Å². The van der Waals surface area contributed by atoms with Gasteiger partial charge < -0.3 is 34.2 Å². The monoisotopic (exact) mass is 362 g/mol. The van der Waals surface area contributed by atoms with Crippen molar-refractivity contribution in [1.29, 1.82) is 0 Å². The summed E-state index contributed by atoms with van der Waals surface area (Å²) < 4.78 is 0. The quantitative estimate of drug-likeness (QED) is 0.461. The number of hydrogen-bond acceptors (Lipinski definition) is 1. The Balaban J connectivity index is 0.00000110. The molecular formula is C16H15IN2. The van der Waals surface area contributed by atoms with Gasteiger partial charge in [0.25, 0.3) is 0 Å². The van der Waals surface area contributed by atoms with E-state index in [1.165, 1.54) is 28.1 Å². The summed E-state index contributed by atoms with van der Waals surface area (Å²) in [5.74, 6) is 0. The first kappa shape index (κ1) is 12.7. The molecule has 3 heteroatoms. The van der Waals surface area contributed by atoms with E-state index in [1.54, 1.807) is 0 Å². The maximum atomic E-state index is 2.38. The van der Waals surface area contributed by atoms with Crippen LogP contribution in [0.5, 0.6) is 0 Å². The van der Waals surface area contributed by atoms with Gasteiger partial charge in [0.15, 0.2) is 0 Å². The Bertz CT molecular complexity index is 652. The number of hydrogen-bond donors (Lipinski definition) is 1. The molecule has 0 aromatic heterocycles. The van der Waals surface area contributed by atoms with Gasteiger partial charge in [-0.05, 0) is 36.4 Å². The molecule has 0 fully saturated rings. The standard InChI is InChI=1S/C16H14N2.HI/c1-18-10-4-6-13-15(18)9-8-12-11-5-2-3-7-14(11)17-16(12)13;/h2-10,16-17H,1H3;1H. The zero-order valence-electron chi connectivity index (χ0n) is 10.7. The van der Waals surface area contributed by atoms with Crippen LogP contribution in [0, 0.1) is 0 Å². The van der Waals surface area contributed by atoms with Crippen LogP contribution in [0.4, 0.5) is 5.69 Å². The van der Waals surface area contributed by atoms with Crippen LogP contribution in [0.25, 0.3) is 5.57 Å². The molecule has 1 atom stereocenters. The molecule has 3 aliphatic rings. The van der Waals surface area contributed by atoms with Gasteiger partial charge in [-0.3, -0.25) is 0 Å². The number of nitrogens with two attached hydrogens (primary N) is 1. The first-order valence-corrected chi connectivity index (χ1v) is 6.32. The maximum Gasteiger partial charge on any atom is 0.145 e. The molecule has 0 bridgehead atoms. The fourth-order valence-electron chi connectivity index (χ4n) is 3.08. The van der Waals surface area contributed by atoms with Gasteiger partial charge in [0, 0.05) is 35.7 Å². The lowest BCUT2D eigenvalue weighted by molar-refractivity contribution is -0.580. The fraction of sp³-hybridized carbons (Fsp3) is 0.125. The van der Waals surface area contributed by atoms with Crippen molar-refractivity contribution in [1.82, 2.24) is 4.90 Å². The molecular weight excluding hydrogens is 347 g/mol. The van der Waals surface area contributed by atoms with Crippen LogP contribution in [-0.2, 0) is 0 Å². The fourth-order valence-corrected chi connectivity index (χ4v) is 3.08. The van der Waals surface area contributed by atoms with Crippen molar-refractivity contribution in [3.8, 4) is 0 Å². The Morgan fingerprint density at radius 2 is 1.89 bits per heavy atom. The number of nitrogens with zero attached hydrogens (tertiary/aromatic N) is 1. The van der Waals surface area contributed by atoms with Crippen LogP contribution in [0.2, 0.25) is 0 Å². The molecule has 1 aromatic rings. The number of halogens is 1. The van der Waals surface area contributed by atoms with Crippen molar-refractivity contribution in [3.05, 3.63) is 71.6 Å². The molecule has 0 amide bonds.